The molecule has 1 unspecified atom stereocenters. The Balaban J connectivity index is 4.17. The fraction of sp³-hybridized carbons (Fsp3) is 0.800. The summed E-state index contributed by atoms with van der Waals surface area (Å²) in [4.78, 5) is 38.3. The number of carbonyl (C=O) groups excluding carboxylic acids is 3. The Kier molecular flexibility index (Phi) is 66.6. The summed E-state index contributed by atoms with van der Waals surface area (Å²) in [6, 6.07) is 0. The second-order valence-corrected chi connectivity index (χ2v) is 23.8. The molecule has 0 saturated carbocycles. The van der Waals surface area contributed by atoms with Crippen LogP contribution in [0.2, 0.25) is 0 Å². The highest BCUT2D eigenvalue weighted by Crippen LogP contribution is 2.18. The molecule has 0 radical (unpaired) electrons. The van der Waals surface area contributed by atoms with E-state index in [0.717, 1.165) is 70.6 Å². The van der Waals surface area contributed by atoms with Gasteiger partial charge in [0.05, 0.1) is 6.42 Å². The molecule has 0 aromatic carbocycles. The highest BCUT2D eigenvalue weighted by atomic mass is 16.6. The van der Waals surface area contributed by atoms with Gasteiger partial charge in [-0.25, -0.2) is 0 Å². The first-order valence-corrected chi connectivity index (χ1v) is 35.4. The zero-order valence-corrected chi connectivity index (χ0v) is 54.1. The molecule has 0 aromatic rings. The summed E-state index contributed by atoms with van der Waals surface area (Å²) in [5, 5.41) is 0. The molecule has 0 fully saturated rings. The zero-order chi connectivity index (χ0) is 58.5. The van der Waals surface area contributed by atoms with Crippen LogP contribution in [0.25, 0.3) is 0 Å². The highest BCUT2D eigenvalue weighted by Gasteiger charge is 2.19. The smallest absolute Gasteiger partial charge is 0.310 e. The van der Waals surface area contributed by atoms with Gasteiger partial charge in [0.1, 0.15) is 13.2 Å². The third kappa shape index (κ3) is 67.5. The molecule has 0 aliphatic heterocycles. The third-order valence-electron chi connectivity index (χ3n) is 15.7. The first kappa shape index (κ1) is 77.9. The summed E-state index contributed by atoms with van der Waals surface area (Å²) in [7, 11) is 0. The van der Waals surface area contributed by atoms with Crippen molar-refractivity contribution in [3.8, 4) is 0 Å². The van der Waals surface area contributed by atoms with Crippen LogP contribution in [0.1, 0.15) is 367 Å². The monoisotopic (exact) mass is 1130 g/mol. The number of ether oxygens (including phenoxy) is 3. The van der Waals surface area contributed by atoms with Gasteiger partial charge in [-0.15, -0.1) is 0 Å². The molecule has 0 rings (SSSR count). The van der Waals surface area contributed by atoms with Crippen molar-refractivity contribution in [2.24, 2.45) is 0 Å². The number of carbonyl (C=O) groups is 3. The van der Waals surface area contributed by atoms with Crippen molar-refractivity contribution in [3.05, 3.63) is 72.9 Å². The summed E-state index contributed by atoms with van der Waals surface area (Å²) < 4.78 is 16.8. The first-order valence-electron chi connectivity index (χ1n) is 35.4. The molecular weight excluding hydrogens is 997 g/mol. The fourth-order valence-corrected chi connectivity index (χ4v) is 10.5. The van der Waals surface area contributed by atoms with E-state index in [1.807, 2.05) is 6.08 Å². The second kappa shape index (κ2) is 69.3. The topological polar surface area (TPSA) is 78.9 Å². The van der Waals surface area contributed by atoms with Crippen molar-refractivity contribution < 1.29 is 28.6 Å². The molecule has 81 heavy (non-hydrogen) atoms. The molecule has 0 amide bonds. The average Bonchev–Trinajstić information content (AvgIpc) is 3.47. The van der Waals surface area contributed by atoms with E-state index in [4.69, 9.17) is 14.2 Å². The number of hydrogen-bond donors (Lipinski definition) is 0. The number of esters is 3. The van der Waals surface area contributed by atoms with Gasteiger partial charge in [0.25, 0.3) is 0 Å². The Labute approximate surface area is 503 Å². The van der Waals surface area contributed by atoms with E-state index in [1.165, 1.54) is 257 Å². The third-order valence-corrected chi connectivity index (χ3v) is 15.7. The summed E-state index contributed by atoms with van der Waals surface area (Å²) >= 11 is 0. The minimum Gasteiger partial charge on any atom is -0.462 e. The Hall–Kier alpha value is -3.15. The molecule has 0 aromatic heterocycles. The molecule has 6 nitrogen and oxygen atoms in total. The lowest BCUT2D eigenvalue weighted by Gasteiger charge is -2.18. The molecule has 0 aliphatic carbocycles. The number of rotatable bonds is 65. The maximum Gasteiger partial charge on any atom is 0.310 e. The average molecular weight is 1130 g/mol. The van der Waals surface area contributed by atoms with Gasteiger partial charge in [0.2, 0.25) is 0 Å². The van der Waals surface area contributed by atoms with Gasteiger partial charge in [-0.1, -0.05) is 351 Å². The summed E-state index contributed by atoms with van der Waals surface area (Å²) in [6.07, 6.45) is 91.2. The molecule has 1 atom stereocenters. The largest absolute Gasteiger partial charge is 0.462 e. The molecule has 0 aliphatic rings. The molecule has 6 heteroatoms. The molecule has 0 bridgehead atoms. The molecule has 470 valence electrons. The van der Waals surface area contributed by atoms with Crippen molar-refractivity contribution in [1.82, 2.24) is 0 Å². The maximum absolute atomic E-state index is 12.8. The normalized spacial score (nSPS) is 12.5. The number of unbranched alkanes of at least 4 members (excludes halogenated alkanes) is 43. The predicted octanol–water partition coefficient (Wildman–Crippen LogP) is 24.4. The van der Waals surface area contributed by atoms with Crippen molar-refractivity contribution >= 4 is 17.9 Å². The lowest BCUT2D eigenvalue weighted by atomic mass is 10.0. The Bertz CT molecular complexity index is 1490. The van der Waals surface area contributed by atoms with E-state index < -0.39 is 12.1 Å². The van der Waals surface area contributed by atoms with Crippen LogP contribution in [-0.2, 0) is 28.6 Å². The van der Waals surface area contributed by atoms with Crippen LogP contribution >= 0.6 is 0 Å². The van der Waals surface area contributed by atoms with E-state index >= 15 is 0 Å². The first-order chi connectivity index (χ1) is 40.0. The number of allylic oxidation sites excluding steroid dienone is 11. The van der Waals surface area contributed by atoms with E-state index in [0.29, 0.717) is 12.8 Å². The van der Waals surface area contributed by atoms with Gasteiger partial charge in [-0.3, -0.25) is 14.4 Å². The Morgan fingerprint density at radius 2 is 0.519 bits per heavy atom. The SMILES string of the molecule is CC/C=C\C/C=C\C/C=C\C/C=C\C/C=C\CC(=O)OC(COC(=O)CCCCCCCCCCCCCCCCC)COC(=O)CCCCCCCCCCCCCCCCCCCCCCC/C=C\CCCCCCCCCC. The zero-order valence-electron chi connectivity index (χ0n) is 54.1. The quantitative estimate of drug-likeness (QED) is 0.0261. The van der Waals surface area contributed by atoms with E-state index in [2.05, 4.69) is 81.5 Å². The van der Waals surface area contributed by atoms with Gasteiger partial charge >= 0.3 is 17.9 Å². The summed E-state index contributed by atoms with van der Waals surface area (Å²) in [6.45, 7) is 6.49. The minimum absolute atomic E-state index is 0.101. The van der Waals surface area contributed by atoms with Crippen LogP contribution in [0.5, 0.6) is 0 Å². The standard InChI is InChI=1S/C75H134O6/c1-4-7-10-13-16-19-22-25-28-29-30-31-32-33-34-35-36-37-38-39-40-41-42-43-44-45-48-50-53-56-59-62-65-68-74(77)80-71-72(81-75(78)69-66-63-60-57-54-51-47-27-24-21-18-15-12-9-6-3)70-79-73(76)67-64-61-58-55-52-49-46-26-23-20-17-14-11-8-5-2/h9,12,18,21,27,29-30,47,54,57,63,66,72H,4-8,10-11,13-17,19-20,22-26,28,31-46,48-53,55-56,58-62,64-65,67-71H2,1-3H3/b12-9-,21-18-,30-29-,47-27-,57-54-,66-63-. The summed E-state index contributed by atoms with van der Waals surface area (Å²) in [5.41, 5.74) is 0. The van der Waals surface area contributed by atoms with Crippen LogP contribution in [0.15, 0.2) is 72.9 Å². The van der Waals surface area contributed by atoms with Gasteiger partial charge in [-0.05, 0) is 70.6 Å². The van der Waals surface area contributed by atoms with Gasteiger partial charge < -0.3 is 14.2 Å². The predicted molar refractivity (Wildman–Crippen MR) is 353 cm³/mol. The molecule has 0 N–H and O–H groups in total. The molecular formula is C75H134O6. The van der Waals surface area contributed by atoms with Gasteiger partial charge in [0, 0.05) is 12.8 Å². The number of hydrogen-bond acceptors (Lipinski definition) is 6. The van der Waals surface area contributed by atoms with Crippen LogP contribution < -0.4 is 0 Å². The minimum atomic E-state index is -0.828. The van der Waals surface area contributed by atoms with E-state index in [-0.39, 0.29) is 31.6 Å². The van der Waals surface area contributed by atoms with Crippen molar-refractivity contribution in [3.63, 3.8) is 0 Å². The van der Waals surface area contributed by atoms with Crippen LogP contribution in [0.4, 0.5) is 0 Å². The van der Waals surface area contributed by atoms with Gasteiger partial charge in [-0.2, -0.15) is 0 Å². The van der Waals surface area contributed by atoms with Crippen LogP contribution in [-0.4, -0.2) is 37.2 Å². The van der Waals surface area contributed by atoms with E-state index in [1.54, 1.807) is 6.08 Å². The fourth-order valence-electron chi connectivity index (χ4n) is 10.5. The van der Waals surface area contributed by atoms with Crippen molar-refractivity contribution in [2.75, 3.05) is 13.2 Å². The van der Waals surface area contributed by atoms with Crippen molar-refractivity contribution in [1.29, 1.82) is 0 Å². The maximum atomic E-state index is 12.8. The van der Waals surface area contributed by atoms with Crippen LogP contribution in [0, 0.1) is 0 Å². The van der Waals surface area contributed by atoms with E-state index in [9.17, 15) is 14.4 Å². The lowest BCUT2D eigenvalue weighted by molar-refractivity contribution is -0.166. The molecule has 0 spiro atoms. The molecule has 0 heterocycles. The lowest BCUT2D eigenvalue weighted by Crippen LogP contribution is -2.30. The Morgan fingerprint density at radius 1 is 0.272 bits per heavy atom. The highest BCUT2D eigenvalue weighted by molar-refractivity contribution is 5.72. The van der Waals surface area contributed by atoms with Crippen LogP contribution in [0.3, 0.4) is 0 Å². The summed E-state index contributed by atoms with van der Waals surface area (Å²) in [5.74, 6) is -1.02. The van der Waals surface area contributed by atoms with Crippen molar-refractivity contribution in [2.45, 2.75) is 374 Å². The Morgan fingerprint density at radius 3 is 0.802 bits per heavy atom. The van der Waals surface area contributed by atoms with Gasteiger partial charge in [0.15, 0.2) is 6.10 Å². The molecule has 0 saturated heterocycles. The second-order valence-electron chi connectivity index (χ2n) is 23.8.